The summed E-state index contributed by atoms with van der Waals surface area (Å²) in [7, 11) is 2.01. The van der Waals surface area contributed by atoms with E-state index in [0.29, 0.717) is 0 Å². The highest BCUT2D eigenvalue weighted by Crippen LogP contribution is 2.29. The monoisotopic (exact) mass is 262 g/mol. The maximum absolute atomic E-state index is 3.59. The third-order valence-electron chi connectivity index (χ3n) is 3.55. The lowest BCUT2D eigenvalue weighted by atomic mass is 9.85. The van der Waals surface area contributed by atoms with Gasteiger partial charge in [-0.15, -0.1) is 0 Å². The minimum Gasteiger partial charge on any atom is -0.385 e. The van der Waals surface area contributed by atoms with Crippen LogP contribution in [0.3, 0.4) is 0 Å². The van der Waals surface area contributed by atoms with Crippen LogP contribution in [-0.4, -0.2) is 20.1 Å². The van der Waals surface area contributed by atoms with Crippen LogP contribution >= 0.6 is 0 Å². The van der Waals surface area contributed by atoms with E-state index in [1.807, 2.05) is 7.05 Å². The fourth-order valence-electron chi connectivity index (χ4n) is 2.32. The maximum atomic E-state index is 3.59. The zero-order valence-corrected chi connectivity index (χ0v) is 13.5. The molecular weight excluding hydrogens is 232 g/mol. The van der Waals surface area contributed by atoms with Gasteiger partial charge in [0.1, 0.15) is 0 Å². The molecule has 0 unspecified atom stereocenters. The fourth-order valence-corrected chi connectivity index (χ4v) is 2.32. The Bertz CT molecular complexity index is 379. The van der Waals surface area contributed by atoms with E-state index < -0.39 is 0 Å². The molecule has 2 N–H and O–H groups in total. The van der Waals surface area contributed by atoms with Gasteiger partial charge in [0.2, 0.25) is 0 Å². The number of unbranched alkanes of at least 4 members (excludes halogenated alkanes) is 1. The predicted octanol–water partition coefficient (Wildman–Crippen LogP) is 4.01. The van der Waals surface area contributed by atoms with Gasteiger partial charge in [0, 0.05) is 12.2 Å². The van der Waals surface area contributed by atoms with E-state index in [9.17, 15) is 0 Å². The standard InChI is InChI=1S/C17H30N2/c1-13-11-15(17(3,4)5)12-14(2)16(13)19-10-8-7-9-18-6/h11-12,18-19H,7-10H2,1-6H3. The lowest BCUT2D eigenvalue weighted by molar-refractivity contribution is 0.589. The quantitative estimate of drug-likeness (QED) is 0.757. The number of nitrogens with one attached hydrogen (secondary N) is 2. The van der Waals surface area contributed by atoms with Crippen LogP contribution < -0.4 is 10.6 Å². The average Bonchev–Trinajstić information content (AvgIpc) is 2.30. The summed E-state index contributed by atoms with van der Waals surface area (Å²) in [4.78, 5) is 0. The van der Waals surface area contributed by atoms with E-state index >= 15 is 0 Å². The minimum absolute atomic E-state index is 0.223. The van der Waals surface area contributed by atoms with Gasteiger partial charge in [0.25, 0.3) is 0 Å². The summed E-state index contributed by atoms with van der Waals surface area (Å²) in [6.45, 7) is 13.4. The van der Waals surface area contributed by atoms with Crippen molar-refractivity contribution in [2.45, 2.75) is 52.9 Å². The van der Waals surface area contributed by atoms with E-state index in [1.54, 1.807) is 0 Å². The molecule has 0 amide bonds. The van der Waals surface area contributed by atoms with Crippen molar-refractivity contribution in [1.82, 2.24) is 5.32 Å². The first-order valence-corrected chi connectivity index (χ1v) is 7.36. The topological polar surface area (TPSA) is 24.1 Å². The first kappa shape index (κ1) is 16.0. The Kier molecular flexibility index (Phi) is 5.86. The van der Waals surface area contributed by atoms with Crippen molar-refractivity contribution in [3.05, 3.63) is 28.8 Å². The highest BCUT2D eigenvalue weighted by molar-refractivity contribution is 5.59. The van der Waals surface area contributed by atoms with Crippen LogP contribution in [0.5, 0.6) is 0 Å². The Morgan fingerprint density at radius 1 is 0.947 bits per heavy atom. The normalized spacial score (nSPS) is 11.7. The van der Waals surface area contributed by atoms with Crippen LogP contribution in [0, 0.1) is 13.8 Å². The molecule has 0 fully saturated rings. The molecule has 1 aromatic rings. The van der Waals surface area contributed by atoms with E-state index in [-0.39, 0.29) is 5.41 Å². The van der Waals surface area contributed by atoms with Crippen LogP contribution in [0.25, 0.3) is 0 Å². The lowest BCUT2D eigenvalue weighted by Crippen LogP contribution is -2.14. The van der Waals surface area contributed by atoms with Gasteiger partial charge in [0.05, 0.1) is 0 Å². The largest absolute Gasteiger partial charge is 0.385 e. The summed E-state index contributed by atoms with van der Waals surface area (Å²) in [5.74, 6) is 0. The molecule has 0 spiro atoms. The molecular formula is C17H30N2. The van der Waals surface area contributed by atoms with Crippen molar-refractivity contribution in [2.24, 2.45) is 0 Å². The molecule has 0 aliphatic heterocycles. The Morgan fingerprint density at radius 3 is 1.95 bits per heavy atom. The highest BCUT2D eigenvalue weighted by atomic mass is 14.9. The second kappa shape index (κ2) is 6.95. The Labute approximate surface area is 119 Å². The Morgan fingerprint density at radius 2 is 1.47 bits per heavy atom. The van der Waals surface area contributed by atoms with Gasteiger partial charge in [0.15, 0.2) is 0 Å². The second-order valence-corrected chi connectivity index (χ2v) is 6.47. The first-order valence-electron chi connectivity index (χ1n) is 7.36. The number of hydrogen-bond acceptors (Lipinski definition) is 2. The van der Waals surface area contributed by atoms with Crippen LogP contribution in [0.2, 0.25) is 0 Å². The fraction of sp³-hybridized carbons (Fsp3) is 0.647. The van der Waals surface area contributed by atoms with Crippen LogP contribution in [0.4, 0.5) is 5.69 Å². The summed E-state index contributed by atoms with van der Waals surface area (Å²) < 4.78 is 0. The summed E-state index contributed by atoms with van der Waals surface area (Å²) in [5.41, 5.74) is 5.68. The summed E-state index contributed by atoms with van der Waals surface area (Å²) >= 11 is 0. The molecule has 0 bridgehead atoms. The van der Waals surface area contributed by atoms with Crippen LogP contribution in [0.15, 0.2) is 12.1 Å². The number of aryl methyl sites for hydroxylation is 2. The molecule has 1 aromatic carbocycles. The molecule has 0 radical (unpaired) electrons. The minimum atomic E-state index is 0.223. The lowest BCUT2D eigenvalue weighted by Gasteiger charge is -2.23. The van der Waals surface area contributed by atoms with Gasteiger partial charge in [-0.25, -0.2) is 0 Å². The molecule has 0 aromatic heterocycles. The molecule has 0 heterocycles. The molecule has 0 aliphatic carbocycles. The maximum Gasteiger partial charge on any atom is 0.0399 e. The summed E-state index contributed by atoms with van der Waals surface area (Å²) in [5, 5.41) is 6.78. The molecule has 108 valence electrons. The summed E-state index contributed by atoms with van der Waals surface area (Å²) in [6.07, 6.45) is 2.43. The smallest absolute Gasteiger partial charge is 0.0399 e. The molecule has 0 saturated carbocycles. The van der Waals surface area contributed by atoms with Crippen molar-refractivity contribution in [3.63, 3.8) is 0 Å². The zero-order valence-electron chi connectivity index (χ0n) is 13.5. The van der Waals surface area contributed by atoms with E-state index in [4.69, 9.17) is 0 Å². The Hall–Kier alpha value is -1.02. The molecule has 2 nitrogen and oxygen atoms in total. The molecule has 0 saturated heterocycles. The van der Waals surface area contributed by atoms with Gasteiger partial charge < -0.3 is 10.6 Å². The van der Waals surface area contributed by atoms with Crippen molar-refractivity contribution >= 4 is 5.69 Å². The van der Waals surface area contributed by atoms with E-state index in [1.165, 1.54) is 35.2 Å². The average molecular weight is 262 g/mol. The molecule has 1 rings (SSSR count). The van der Waals surface area contributed by atoms with Gasteiger partial charge in [-0.2, -0.15) is 0 Å². The number of benzene rings is 1. The number of anilines is 1. The van der Waals surface area contributed by atoms with Crippen molar-refractivity contribution in [1.29, 1.82) is 0 Å². The van der Waals surface area contributed by atoms with Crippen LogP contribution in [0.1, 0.15) is 50.3 Å². The predicted molar refractivity (Wildman–Crippen MR) is 86.3 cm³/mol. The van der Waals surface area contributed by atoms with E-state index in [0.717, 1.165) is 13.1 Å². The van der Waals surface area contributed by atoms with Crippen molar-refractivity contribution < 1.29 is 0 Å². The van der Waals surface area contributed by atoms with Gasteiger partial charge >= 0.3 is 0 Å². The van der Waals surface area contributed by atoms with Gasteiger partial charge in [-0.1, -0.05) is 32.9 Å². The molecule has 2 heteroatoms. The number of rotatable bonds is 6. The molecule has 0 atom stereocenters. The van der Waals surface area contributed by atoms with Gasteiger partial charge in [-0.05, 0) is 62.4 Å². The third-order valence-corrected chi connectivity index (χ3v) is 3.55. The number of hydrogen-bond donors (Lipinski definition) is 2. The highest BCUT2D eigenvalue weighted by Gasteiger charge is 2.15. The zero-order chi connectivity index (χ0) is 14.5. The molecule has 0 aliphatic rings. The third kappa shape index (κ3) is 4.87. The van der Waals surface area contributed by atoms with Crippen LogP contribution in [-0.2, 0) is 5.41 Å². The Balaban J connectivity index is 2.70. The SMILES string of the molecule is CNCCCCNc1c(C)cc(C(C)(C)C)cc1C. The summed E-state index contributed by atoms with van der Waals surface area (Å²) in [6, 6.07) is 4.64. The van der Waals surface area contributed by atoms with Crippen molar-refractivity contribution in [2.75, 3.05) is 25.5 Å². The van der Waals surface area contributed by atoms with E-state index in [2.05, 4.69) is 57.4 Å². The first-order chi connectivity index (χ1) is 8.86. The second-order valence-electron chi connectivity index (χ2n) is 6.47. The van der Waals surface area contributed by atoms with Crippen molar-refractivity contribution in [3.8, 4) is 0 Å². The van der Waals surface area contributed by atoms with Gasteiger partial charge in [-0.3, -0.25) is 0 Å². The molecule has 19 heavy (non-hydrogen) atoms.